The van der Waals surface area contributed by atoms with Gasteiger partial charge in [0.2, 0.25) is 0 Å². The molecular weight excluding hydrogens is 300 g/mol. The number of benzene rings is 2. The molecule has 4 heteroatoms. The molecule has 0 spiro atoms. The molecule has 2 aliphatic heterocycles. The highest BCUT2D eigenvalue weighted by molar-refractivity contribution is 5.64. The van der Waals surface area contributed by atoms with Gasteiger partial charge in [0.25, 0.3) is 0 Å². The van der Waals surface area contributed by atoms with Crippen LogP contribution in [-0.4, -0.2) is 33.4 Å². The van der Waals surface area contributed by atoms with Crippen molar-refractivity contribution in [2.24, 2.45) is 0 Å². The minimum Gasteiger partial charge on any atom is -0.496 e. The Labute approximate surface area is 143 Å². The summed E-state index contributed by atoms with van der Waals surface area (Å²) in [5.41, 5.74) is 5.31. The highest BCUT2D eigenvalue weighted by Gasteiger charge is 2.22. The van der Waals surface area contributed by atoms with Gasteiger partial charge in [0.1, 0.15) is 18.1 Å². The zero-order valence-corrected chi connectivity index (χ0v) is 14.2. The summed E-state index contributed by atoms with van der Waals surface area (Å²) in [6.07, 6.45) is 2.17. The van der Waals surface area contributed by atoms with E-state index < -0.39 is 0 Å². The third kappa shape index (κ3) is 2.94. The smallest absolute Gasteiger partial charge is 0.142 e. The molecule has 4 rings (SSSR count). The predicted molar refractivity (Wildman–Crippen MR) is 96.3 cm³/mol. The van der Waals surface area contributed by atoms with Crippen molar-refractivity contribution in [3.05, 3.63) is 53.1 Å². The lowest BCUT2D eigenvalue weighted by atomic mass is 10.00. The van der Waals surface area contributed by atoms with Gasteiger partial charge in [-0.25, -0.2) is 0 Å². The third-order valence-corrected chi connectivity index (χ3v) is 4.94. The van der Waals surface area contributed by atoms with Gasteiger partial charge in [0.15, 0.2) is 0 Å². The molecular formula is C20H24N2O2. The van der Waals surface area contributed by atoms with Gasteiger partial charge in [-0.15, -0.1) is 0 Å². The molecule has 2 heterocycles. The van der Waals surface area contributed by atoms with Crippen LogP contribution in [0.3, 0.4) is 0 Å². The minimum absolute atomic E-state index is 0.735. The molecule has 0 fully saturated rings. The molecule has 1 N–H and O–H groups in total. The second kappa shape index (κ2) is 6.73. The Kier molecular flexibility index (Phi) is 4.30. The van der Waals surface area contributed by atoms with E-state index in [9.17, 15) is 0 Å². The van der Waals surface area contributed by atoms with Crippen LogP contribution >= 0.6 is 0 Å². The first-order chi connectivity index (χ1) is 11.8. The monoisotopic (exact) mass is 324 g/mol. The lowest BCUT2D eigenvalue weighted by molar-refractivity contribution is 0.306. The number of hydrogen-bond acceptors (Lipinski definition) is 4. The standard InChI is InChI=1S/C20H24N2O2/c1-23-19-5-3-2-4-17(19)14-22-10-11-24-20-13-16-7-9-21-8-6-15(16)12-18(20)22/h2-5,12-13,21H,6-11,14H2,1H3. The molecule has 0 radical (unpaired) electrons. The summed E-state index contributed by atoms with van der Waals surface area (Å²) in [5.74, 6) is 1.97. The summed E-state index contributed by atoms with van der Waals surface area (Å²) >= 11 is 0. The maximum atomic E-state index is 5.96. The maximum Gasteiger partial charge on any atom is 0.142 e. The summed E-state index contributed by atoms with van der Waals surface area (Å²) in [6, 6.07) is 12.9. The summed E-state index contributed by atoms with van der Waals surface area (Å²) in [7, 11) is 1.74. The molecule has 2 aromatic rings. The third-order valence-electron chi connectivity index (χ3n) is 4.94. The van der Waals surface area contributed by atoms with E-state index in [1.165, 1.54) is 22.4 Å². The summed E-state index contributed by atoms with van der Waals surface area (Å²) in [4.78, 5) is 2.41. The van der Waals surface area contributed by atoms with Crippen molar-refractivity contribution in [3.63, 3.8) is 0 Å². The Hall–Kier alpha value is -2.20. The number of anilines is 1. The second-order valence-corrected chi connectivity index (χ2v) is 6.42. The molecule has 0 saturated carbocycles. The van der Waals surface area contributed by atoms with Crippen LogP contribution in [0.25, 0.3) is 0 Å². The summed E-state index contributed by atoms with van der Waals surface area (Å²) < 4.78 is 11.5. The SMILES string of the molecule is COc1ccccc1CN1CCOc2cc3c(cc21)CCNCC3. The molecule has 0 atom stereocenters. The van der Waals surface area contributed by atoms with Crippen molar-refractivity contribution in [3.8, 4) is 11.5 Å². The highest BCUT2D eigenvalue weighted by atomic mass is 16.5. The van der Waals surface area contributed by atoms with Crippen LogP contribution in [-0.2, 0) is 19.4 Å². The van der Waals surface area contributed by atoms with E-state index >= 15 is 0 Å². The van der Waals surface area contributed by atoms with Crippen molar-refractivity contribution in [1.29, 1.82) is 0 Å². The number of fused-ring (bicyclic) bond motifs is 2. The highest BCUT2D eigenvalue weighted by Crippen LogP contribution is 2.36. The lowest BCUT2D eigenvalue weighted by Gasteiger charge is -2.32. The van der Waals surface area contributed by atoms with Gasteiger partial charge >= 0.3 is 0 Å². The Morgan fingerprint density at radius 1 is 1.12 bits per heavy atom. The van der Waals surface area contributed by atoms with Crippen LogP contribution in [0.2, 0.25) is 0 Å². The Balaban J connectivity index is 1.67. The first-order valence-electron chi connectivity index (χ1n) is 8.71. The molecule has 24 heavy (non-hydrogen) atoms. The van der Waals surface area contributed by atoms with Crippen LogP contribution in [0.4, 0.5) is 5.69 Å². The summed E-state index contributed by atoms with van der Waals surface area (Å²) in [6.45, 7) is 4.59. The summed E-state index contributed by atoms with van der Waals surface area (Å²) in [5, 5.41) is 3.48. The van der Waals surface area contributed by atoms with Crippen LogP contribution in [0.15, 0.2) is 36.4 Å². The Morgan fingerprint density at radius 2 is 1.92 bits per heavy atom. The molecule has 0 aliphatic carbocycles. The Bertz CT molecular complexity index is 730. The van der Waals surface area contributed by atoms with Gasteiger partial charge in [-0.2, -0.15) is 0 Å². The number of ether oxygens (including phenoxy) is 2. The van der Waals surface area contributed by atoms with Crippen molar-refractivity contribution in [1.82, 2.24) is 5.32 Å². The zero-order chi connectivity index (χ0) is 16.4. The largest absolute Gasteiger partial charge is 0.496 e. The van der Waals surface area contributed by atoms with Crippen molar-refractivity contribution in [2.45, 2.75) is 19.4 Å². The quantitative estimate of drug-likeness (QED) is 0.941. The number of hydrogen-bond donors (Lipinski definition) is 1. The van der Waals surface area contributed by atoms with Crippen molar-refractivity contribution >= 4 is 5.69 Å². The topological polar surface area (TPSA) is 33.7 Å². The van der Waals surface area contributed by atoms with Gasteiger partial charge in [-0.1, -0.05) is 18.2 Å². The first kappa shape index (κ1) is 15.3. The molecule has 0 unspecified atom stereocenters. The van der Waals surface area contributed by atoms with Crippen molar-refractivity contribution in [2.75, 3.05) is 38.3 Å². The number of methoxy groups -OCH3 is 1. The van der Waals surface area contributed by atoms with E-state index in [1.807, 2.05) is 12.1 Å². The average Bonchev–Trinajstić information content (AvgIpc) is 2.85. The van der Waals surface area contributed by atoms with E-state index in [2.05, 4.69) is 34.5 Å². The number of rotatable bonds is 3. The molecule has 0 bridgehead atoms. The fourth-order valence-electron chi connectivity index (χ4n) is 3.64. The average molecular weight is 324 g/mol. The lowest BCUT2D eigenvalue weighted by Crippen LogP contribution is -2.32. The molecule has 0 aromatic heterocycles. The number of nitrogens with one attached hydrogen (secondary N) is 1. The van der Waals surface area contributed by atoms with Gasteiger partial charge in [-0.05, 0) is 55.3 Å². The van der Waals surface area contributed by atoms with E-state index in [4.69, 9.17) is 9.47 Å². The van der Waals surface area contributed by atoms with Gasteiger partial charge in [0.05, 0.1) is 19.3 Å². The van der Waals surface area contributed by atoms with Crippen LogP contribution in [0, 0.1) is 0 Å². The van der Waals surface area contributed by atoms with Gasteiger partial charge < -0.3 is 19.7 Å². The molecule has 0 saturated heterocycles. The predicted octanol–water partition coefficient (Wildman–Crippen LogP) is 2.78. The number of nitrogens with zero attached hydrogens (tertiary/aromatic N) is 1. The van der Waals surface area contributed by atoms with E-state index in [0.717, 1.165) is 57.1 Å². The van der Waals surface area contributed by atoms with E-state index in [-0.39, 0.29) is 0 Å². The van der Waals surface area contributed by atoms with Crippen LogP contribution in [0.1, 0.15) is 16.7 Å². The fraction of sp³-hybridized carbons (Fsp3) is 0.400. The first-order valence-corrected chi connectivity index (χ1v) is 8.71. The van der Waals surface area contributed by atoms with E-state index in [0.29, 0.717) is 0 Å². The minimum atomic E-state index is 0.735. The molecule has 2 aromatic carbocycles. The molecule has 0 amide bonds. The Morgan fingerprint density at radius 3 is 2.75 bits per heavy atom. The van der Waals surface area contributed by atoms with Crippen LogP contribution < -0.4 is 19.7 Å². The molecule has 126 valence electrons. The fourth-order valence-corrected chi connectivity index (χ4v) is 3.64. The normalized spacial score (nSPS) is 16.6. The molecule has 4 nitrogen and oxygen atoms in total. The van der Waals surface area contributed by atoms with Crippen LogP contribution in [0.5, 0.6) is 11.5 Å². The second-order valence-electron chi connectivity index (χ2n) is 6.42. The van der Waals surface area contributed by atoms with Gasteiger partial charge in [-0.3, -0.25) is 0 Å². The van der Waals surface area contributed by atoms with Gasteiger partial charge in [0, 0.05) is 12.1 Å². The van der Waals surface area contributed by atoms with E-state index in [1.54, 1.807) is 7.11 Å². The van der Waals surface area contributed by atoms with Crippen molar-refractivity contribution < 1.29 is 9.47 Å². The number of para-hydroxylation sites is 1. The zero-order valence-electron chi connectivity index (χ0n) is 14.2. The maximum absolute atomic E-state index is 5.96. The molecule has 2 aliphatic rings.